The molecule has 1 saturated heterocycles. The van der Waals surface area contributed by atoms with Crippen LogP contribution in [0.25, 0.3) is 0 Å². The summed E-state index contributed by atoms with van der Waals surface area (Å²) in [4.78, 5) is 27.7. The normalized spacial score (nSPS) is 17.9. The maximum absolute atomic E-state index is 12.1. The lowest BCUT2D eigenvalue weighted by Crippen LogP contribution is -2.54. The first-order valence-corrected chi connectivity index (χ1v) is 7.53. The van der Waals surface area contributed by atoms with Gasteiger partial charge in [-0.05, 0) is 23.7 Å². The van der Waals surface area contributed by atoms with Gasteiger partial charge < -0.3 is 9.80 Å². The first-order valence-electron chi connectivity index (χ1n) is 7.53. The summed E-state index contributed by atoms with van der Waals surface area (Å²) >= 11 is 0. The highest BCUT2D eigenvalue weighted by molar-refractivity contribution is 5.92. The molecule has 0 radical (unpaired) electrons. The lowest BCUT2D eigenvalue weighted by Gasteiger charge is -2.36. The SMILES string of the molecule is CC(C)(C)CCN1CC(=O)N(CCC(C)(C)C)CC1=O. The lowest BCUT2D eigenvalue weighted by atomic mass is 9.91. The molecule has 1 aliphatic heterocycles. The monoisotopic (exact) mass is 282 g/mol. The standard InChI is InChI=1S/C16H30N2O2/c1-15(2,3)7-9-17-11-14(20)18(12-13(17)19)10-8-16(4,5)6/h7-12H2,1-6H3. The Morgan fingerprint density at radius 3 is 1.30 bits per heavy atom. The summed E-state index contributed by atoms with van der Waals surface area (Å²) in [5, 5.41) is 0. The summed E-state index contributed by atoms with van der Waals surface area (Å²) in [6, 6.07) is 0. The molecule has 1 fully saturated rings. The van der Waals surface area contributed by atoms with Crippen LogP contribution in [-0.2, 0) is 9.59 Å². The van der Waals surface area contributed by atoms with E-state index in [1.807, 2.05) is 0 Å². The molecule has 0 aliphatic carbocycles. The van der Waals surface area contributed by atoms with Crippen LogP contribution in [0.5, 0.6) is 0 Å². The molecule has 0 unspecified atom stereocenters. The number of amides is 2. The Labute approximate surface area is 123 Å². The number of carbonyl (C=O) groups is 2. The molecular weight excluding hydrogens is 252 g/mol. The Morgan fingerprint density at radius 1 is 0.750 bits per heavy atom. The minimum atomic E-state index is 0.0859. The molecule has 1 rings (SSSR count). The van der Waals surface area contributed by atoms with Crippen LogP contribution in [0, 0.1) is 10.8 Å². The Morgan fingerprint density at radius 2 is 1.05 bits per heavy atom. The van der Waals surface area contributed by atoms with E-state index >= 15 is 0 Å². The highest BCUT2D eigenvalue weighted by atomic mass is 16.2. The van der Waals surface area contributed by atoms with Crippen molar-refractivity contribution < 1.29 is 9.59 Å². The molecule has 4 nitrogen and oxygen atoms in total. The zero-order chi connectivity index (χ0) is 15.6. The second-order valence-electron chi connectivity index (χ2n) is 8.25. The van der Waals surface area contributed by atoms with Crippen LogP contribution in [0.15, 0.2) is 0 Å². The molecule has 0 bridgehead atoms. The van der Waals surface area contributed by atoms with Crippen LogP contribution >= 0.6 is 0 Å². The summed E-state index contributed by atoms with van der Waals surface area (Å²) in [5.41, 5.74) is 0.374. The molecule has 1 aliphatic rings. The molecule has 2 amide bonds. The van der Waals surface area contributed by atoms with Gasteiger partial charge in [0.15, 0.2) is 0 Å². The van der Waals surface area contributed by atoms with Gasteiger partial charge in [0.1, 0.15) is 0 Å². The second kappa shape index (κ2) is 6.15. The molecule has 0 spiro atoms. The zero-order valence-electron chi connectivity index (χ0n) is 14.0. The van der Waals surface area contributed by atoms with Crippen LogP contribution < -0.4 is 0 Å². The van der Waals surface area contributed by atoms with Crippen molar-refractivity contribution >= 4 is 11.8 Å². The highest BCUT2D eigenvalue weighted by Gasteiger charge is 2.30. The topological polar surface area (TPSA) is 40.6 Å². The van der Waals surface area contributed by atoms with Gasteiger partial charge in [-0.1, -0.05) is 41.5 Å². The van der Waals surface area contributed by atoms with Gasteiger partial charge >= 0.3 is 0 Å². The molecule has 0 aromatic carbocycles. The van der Waals surface area contributed by atoms with E-state index in [4.69, 9.17) is 0 Å². The summed E-state index contributed by atoms with van der Waals surface area (Å²) < 4.78 is 0. The van der Waals surface area contributed by atoms with Crippen molar-refractivity contribution in [1.82, 2.24) is 9.80 Å². The second-order valence-corrected chi connectivity index (χ2v) is 8.25. The summed E-state index contributed by atoms with van der Waals surface area (Å²) in [6.45, 7) is 14.8. The van der Waals surface area contributed by atoms with E-state index < -0.39 is 0 Å². The fourth-order valence-corrected chi connectivity index (χ4v) is 2.05. The first kappa shape index (κ1) is 17.0. The van der Waals surface area contributed by atoms with Crippen LogP contribution in [0.1, 0.15) is 54.4 Å². The number of nitrogens with zero attached hydrogens (tertiary/aromatic N) is 2. The van der Waals surface area contributed by atoms with E-state index in [1.54, 1.807) is 9.80 Å². The number of carbonyl (C=O) groups excluding carboxylic acids is 2. The molecule has 20 heavy (non-hydrogen) atoms. The van der Waals surface area contributed by atoms with Crippen molar-refractivity contribution in [2.75, 3.05) is 26.2 Å². The van der Waals surface area contributed by atoms with Gasteiger partial charge in [-0.3, -0.25) is 9.59 Å². The van der Waals surface area contributed by atoms with E-state index in [0.717, 1.165) is 12.8 Å². The van der Waals surface area contributed by atoms with Gasteiger partial charge in [-0.2, -0.15) is 0 Å². The Bertz CT molecular complexity index is 328. The average molecular weight is 282 g/mol. The average Bonchev–Trinajstić information content (AvgIpc) is 2.25. The minimum Gasteiger partial charge on any atom is -0.332 e. The maximum Gasteiger partial charge on any atom is 0.242 e. The largest absolute Gasteiger partial charge is 0.332 e. The van der Waals surface area contributed by atoms with Gasteiger partial charge in [0.2, 0.25) is 11.8 Å². The smallest absolute Gasteiger partial charge is 0.242 e. The molecule has 116 valence electrons. The number of hydrogen-bond donors (Lipinski definition) is 0. The quantitative estimate of drug-likeness (QED) is 0.795. The van der Waals surface area contributed by atoms with Crippen molar-refractivity contribution in [2.45, 2.75) is 54.4 Å². The van der Waals surface area contributed by atoms with Gasteiger partial charge in [0, 0.05) is 13.1 Å². The van der Waals surface area contributed by atoms with Crippen molar-refractivity contribution in [1.29, 1.82) is 0 Å². The van der Waals surface area contributed by atoms with E-state index in [0.29, 0.717) is 13.1 Å². The van der Waals surface area contributed by atoms with Crippen LogP contribution in [0.2, 0.25) is 0 Å². The summed E-state index contributed by atoms with van der Waals surface area (Å²) in [6.07, 6.45) is 1.85. The third kappa shape index (κ3) is 5.93. The third-order valence-corrected chi connectivity index (χ3v) is 3.62. The number of rotatable bonds is 4. The maximum atomic E-state index is 12.1. The van der Waals surface area contributed by atoms with Gasteiger partial charge in [0.05, 0.1) is 13.1 Å². The van der Waals surface area contributed by atoms with Crippen molar-refractivity contribution in [2.24, 2.45) is 10.8 Å². The minimum absolute atomic E-state index is 0.0859. The van der Waals surface area contributed by atoms with Crippen molar-refractivity contribution in [3.05, 3.63) is 0 Å². The van der Waals surface area contributed by atoms with Crippen molar-refractivity contribution in [3.8, 4) is 0 Å². The van der Waals surface area contributed by atoms with E-state index in [9.17, 15) is 9.59 Å². The van der Waals surface area contributed by atoms with Gasteiger partial charge in [-0.15, -0.1) is 0 Å². The Kier molecular flexibility index (Phi) is 5.22. The van der Waals surface area contributed by atoms with E-state index in [1.165, 1.54) is 0 Å². The molecule has 1 heterocycles. The fourth-order valence-electron chi connectivity index (χ4n) is 2.05. The lowest BCUT2D eigenvalue weighted by molar-refractivity contribution is -0.150. The first-order chi connectivity index (χ1) is 8.98. The van der Waals surface area contributed by atoms with Crippen LogP contribution in [-0.4, -0.2) is 47.8 Å². The van der Waals surface area contributed by atoms with E-state index in [-0.39, 0.29) is 35.7 Å². The van der Waals surface area contributed by atoms with Gasteiger partial charge in [-0.25, -0.2) is 0 Å². The predicted molar refractivity (Wildman–Crippen MR) is 81.3 cm³/mol. The predicted octanol–water partition coefficient (Wildman–Crippen LogP) is 2.53. The molecule has 0 saturated carbocycles. The summed E-state index contributed by atoms with van der Waals surface area (Å²) in [5.74, 6) is 0.172. The fraction of sp³-hybridized carbons (Fsp3) is 0.875. The summed E-state index contributed by atoms with van der Waals surface area (Å²) in [7, 11) is 0. The highest BCUT2D eigenvalue weighted by Crippen LogP contribution is 2.21. The van der Waals surface area contributed by atoms with Gasteiger partial charge in [0.25, 0.3) is 0 Å². The Balaban J connectivity index is 2.50. The molecule has 0 N–H and O–H groups in total. The molecular formula is C16H30N2O2. The molecule has 0 aromatic heterocycles. The van der Waals surface area contributed by atoms with E-state index in [2.05, 4.69) is 41.5 Å². The zero-order valence-corrected chi connectivity index (χ0v) is 14.0. The molecule has 4 heteroatoms. The number of hydrogen-bond acceptors (Lipinski definition) is 2. The third-order valence-electron chi connectivity index (χ3n) is 3.62. The molecule has 0 atom stereocenters. The number of piperazine rings is 1. The molecule has 0 aromatic rings. The van der Waals surface area contributed by atoms with Crippen LogP contribution in [0.4, 0.5) is 0 Å². The van der Waals surface area contributed by atoms with Crippen molar-refractivity contribution in [3.63, 3.8) is 0 Å². The van der Waals surface area contributed by atoms with Crippen LogP contribution in [0.3, 0.4) is 0 Å². The Hall–Kier alpha value is -1.06.